The van der Waals surface area contributed by atoms with Crippen LogP contribution in [0.4, 0.5) is 0 Å². The molecule has 3 nitrogen and oxygen atoms in total. The Kier molecular flexibility index (Phi) is 5.16. The lowest BCUT2D eigenvalue weighted by Gasteiger charge is -2.26. The number of carbonyl (C=O) groups is 1. The molecule has 0 aromatic heterocycles. The van der Waals surface area contributed by atoms with Gasteiger partial charge in [-0.1, -0.05) is 29.8 Å². The van der Waals surface area contributed by atoms with Crippen LogP contribution < -0.4 is 0 Å². The van der Waals surface area contributed by atoms with Crippen LogP contribution in [0.3, 0.4) is 0 Å². The molecular formula is C14H21NO2. The van der Waals surface area contributed by atoms with Gasteiger partial charge in [0, 0.05) is 12.6 Å². The second kappa shape index (κ2) is 6.40. The predicted octanol–water partition coefficient (Wildman–Crippen LogP) is 1.77. The lowest BCUT2D eigenvalue weighted by molar-refractivity contribution is -0.132. The summed E-state index contributed by atoms with van der Waals surface area (Å²) in [6, 6.07) is 8.10. The van der Waals surface area contributed by atoms with Crippen molar-refractivity contribution in [3.8, 4) is 0 Å². The molecule has 0 aliphatic rings. The van der Waals surface area contributed by atoms with Crippen LogP contribution in [0.1, 0.15) is 25.0 Å². The number of benzene rings is 1. The molecule has 0 atom stereocenters. The maximum absolute atomic E-state index is 12.0. The molecule has 0 aliphatic heterocycles. The van der Waals surface area contributed by atoms with E-state index < -0.39 is 0 Å². The Balaban J connectivity index is 2.66. The minimum absolute atomic E-state index is 0.0117. The van der Waals surface area contributed by atoms with Gasteiger partial charge in [0.1, 0.15) is 0 Å². The molecule has 1 aromatic carbocycles. The number of rotatable bonds is 5. The van der Waals surface area contributed by atoms with Gasteiger partial charge in [-0.3, -0.25) is 4.79 Å². The first-order valence-electron chi connectivity index (χ1n) is 6.00. The van der Waals surface area contributed by atoms with Crippen molar-refractivity contribution in [3.63, 3.8) is 0 Å². The zero-order chi connectivity index (χ0) is 12.8. The summed E-state index contributed by atoms with van der Waals surface area (Å²) in [5.74, 6) is 0.0675. The summed E-state index contributed by atoms with van der Waals surface area (Å²) >= 11 is 0. The molecule has 0 spiro atoms. The Morgan fingerprint density at radius 3 is 2.35 bits per heavy atom. The number of carbonyl (C=O) groups excluding carboxylic acids is 1. The highest BCUT2D eigenvalue weighted by molar-refractivity contribution is 5.79. The third kappa shape index (κ3) is 4.19. The van der Waals surface area contributed by atoms with Crippen LogP contribution in [0.5, 0.6) is 0 Å². The molecule has 1 rings (SSSR count). The van der Waals surface area contributed by atoms with E-state index >= 15 is 0 Å². The van der Waals surface area contributed by atoms with Crippen molar-refractivity contribution in [2.75, 3.05) is 13.2 Å². The molecule has 1 aromatic rings. The molecule has 17 heavy (non-hydrogen) atoms. The lowest BCUT2D eigenvalue weighted by atomic mass is 10.1. The van der Waals surface area contributed by atoms with Gasteiger partial charge >= 0.3 is 0 Å². The van der Waals surface area contributed by atoms with Gasteiger partial charge in [0.25, 0.3) is 0 Å². The van der Waals surface area contributed by atoms with Crippen molar-refractivity contribution >= 4 is 5.91 Å². The monoisotopic (exact) mass is 235 g/mol. The Bertz CT molecular complexity index is 357. The quantitative estimate of drug-likeness (QED) is 0.845. The zero-order valence-corrected chi connectivity index (χ0v) is 10.8. The average molecular weight is 235 g/mol. The molecule has 0 heterocycles. The fourth-order valence-corrected chi connectivity index (χ4v) is 1.76. The highest BCUT2D eigenvalue weighted by Gasteiger charge is 2.16. The fourth-order valence-electron chi connectivity index (χ4n) is 1.76. The third-order valence-corrected chi connectivity index (χ3v) is 2.76. The summed E-state index contributed by atoms with van der Waals surface area (Å²) in [5.41, 5.74) is 2.21. The van der Waals surface area contributed by atoms with Crippen molar-refractivity contribution in [3.05, 3.63) is 35.4 Å². The summed E-state index contributed by atoms with van der Waals surface area (Å²) < 4.78 is 0. The molecule has 0 saturated carbocycles. The number of aliphatic hydroxyl groups excluding tert-OH is 1. The SMILES string of the molecule is Cc1ccc(CC(=O)N(CCO)C(C)C)cc1. The van der Waals surface area contributed by atoms with Crippen molar-refractivity contribution in [1.29, 1.82) is 0 Å². The zero-order valence-electron chi connectivity index (χ0n) is 10.8. The van der Waals surface area contributed by atoms with E-state index in [1.165, 1.54) is 5.56 Å². The largest absolute Gasteiger partial charge is 0.395 e. The van der Waals surface area contributed by atoms with E-state index in [2.05, 4.69) is 0 Å². The van der Waals surface area contributed by atoms with Crippen LogP contribution in [-0.2, 0) is 11.2 Å². The normalized spacial score (nSPS) is 10.6. The molecule has 3 heteroatoms. The highest BCUT2D eigenvalue weighted by Crippen LogP contribution is 2.07. The van der Waals surface area contributed by atoms with E-state index in [0.717, 1.165) is 5.56 Å². The maximum Gasteiger partial charge on any atom is 0.227 e. The number of aryl methyl sites for hydroxylation is 1. The van der Waals surface area contributed by atoms with Crippen LogP contribution in [0.15, 0.2) is 24.3 Å². The van der Waals surface area contributed by atoms with Gasteiger partial charge in [0.15, 0.2) is 0 Å². The number of amides is 1. The fraction of sp³-hybridized carbons (Fsp3) is 0.500. The third-order valence-electron chi connectivity index (χ3n) is 2.76. The minimum atomic E-state index is 0.0117. The molecule has 0 fully saturated rings. The molecule has 0 aliphatic carbocycles. The first-order chi connectivity index (χ1) is 8.04. The summed E-state index contributed by atoms with van der Waals surface area (Å²) in [6.45, 7) is 6.36. The van der Waals surface area contributed by atoms with Crippen LogP contribution in [0.2, 0.25) is 0 Å². The molecule has 0 saturated heterocycles. The topological polar surface area (TPSA) is 40.5 Å². The van der Waals surface area contributed by atoms with E-state index in [-0.39, 0.29) is 18.6 Å². The number of hydrogen-bond donors (Lipinski definition) is 1. The van der Waals surface area contributed by atoms with E-state index in [9.17, 15) is 4.79 Å². The van der Waals surface area contributed by atoms with Gasteiger partial charge in [-0.2, -0.15) is 0 Å². The summed E-state index contributed by atoms with van der Waals surface area (Å²) in [7, 11) is 0. The van der Waals surface area contributed by atoms with E-state index in [1.807, 2.05) is 45.0 Å². The average Bonchev–Trinajstić information content (AvgIpc) is 2.28. The number of hydrogen-bond acceptors (Lipinski definition) is 2. The number of nitrogens with zero attached hydrogens (tertiary/aromatic N) is 1. The first-order valence-corrected chi connectivity index (χ1v) is 6.00. The molecule has 0 radical (unpaired) electrons. The first kappa shape index (κ1) is 13.7. The van der Waals surface area contributed by atoms with Crippen LogP contribution in [-0.4, -0.2) is 35.1 Å². The Labute approximate surface area is 103 Å². The van der Waals surface area contributed by atoms with Crippen molar-refractivity contribution in [2.24, 2.45) is 0 Å². The van der Waals surface area contributed by atoms with E-state index in [4.69, 9.17) is 5.11 Å². The molecule has 94 valence electrons. The van der Waals surface area contributed by atoms with Crippen molar-refractivity contribution in [2.45, 2.75) is 33.2 Å². The molecular weight excluding hydrogens is 214 g/mol. The van der Waals surface area contributed by atoms with Crippen molar-refractivity contribution < 1.29 is 9.90 Å². The van der Waals surface area contributed by atoms with E-state index in [0.29, 0.717) is 13.0 Å². The molecule has 0 unspecified atom stereocenters. The second-order valence-electron chi connectivity index (χ2n) is 4.57. The minimum Gasteiger partial charge on any atom is -0.395 e. The summed E-state index contributed by atoms with van der Waals surface area (Å²) in [6.07, 6.45) is 0.401. The van der Waals surface area contributed by atoms with Gasteiger partial charge in [0.2, 0.25) is 5.91 Å². The van der Waals surface area contributed by atoms with Crippen LogP contribution >= 0.6 is 0 Å². The maximum atomic E-state index is 12.0. The van der Waals surface area contributed by atoms with Gasteiger partial charge in [0.05, 0.1) is 13.0 Å². The second-order valence-corrected chi connectivity index (χ2v) is 4.57. The van der Waals surface area contributed by atoms with Gasteiger partial charge in [-0.15, -0.1) is 0 Å². The lowest BCUT2D eigenvalue weighted by Crippen LogP contribution is -2.39. The number of aliphatic hydroxyl groups is 1. The van der Waals surface area contributed by atoms with Crippen LogP contribution in [0.25, 0.3) is 0 Å². The van der Waals surface area contributed by atoms with Gasteiger partial charge in [-0.05, 0) is 26.3 Å². The Morgan fingerprint density at radius 1 is 1.29 bits per heavy atom. The molecule has 1 amide bonds. The standard InChI is InChI=1S/C14H21NO2/c1-11(2)15(8-9-16)14(17)10-13-6-4-12(3)5-7-13/h4-7,11,16H,8-10H2,1-3H3. The van der Waals surface area contributed by atoms with E-state index in [1.54, 1.807) is 4.90 Å². The van der Waals surface area contributed by atoms with Crippen LogP contribution in [0, 0.1) is 6.92 Å². The summed E-state index contributed by atoms with van der Waals surface area (Å²) in [4.78, 5) is 13.8. The predicted molar refractivity (Wildman–Crippen MR) is 68.8 cm³/mol. The smallest absolute Gasteiger partial charge is 0.227 e. The van der Waals surface area contributed by atoms with Gasteiger partial charge < -0.3 is 10.0 Å². The molecule has 0 bridgehead atoms. The highest BCUT2D eigenvalue weighted by atomic mass is 16.3. The Morgan fingerprint density at radius 2 is 1.88 bits per heavy atom. The summed E-state index contributed by atoms with van der Waals surface area (Å²) in [5, 5.41) is 8.94. The Hall–Kier alpha value is -1.35. The van der Waals surface area contributed by atoms with Crippen molar-refractivity contribution in [1.82, 2.24) is 4.90 Å². The molecule has 1 N–H and O–H groups in total. The van der Waals surface area contributed by atoms with Gasteiger partial charge in [-0.25, -0.2) is 0 Å².